The first-order chi connectivity index (χ1) is 6.79. The molecule has 0 radical (unpaired) electrons. The fourth-order valence-corrected chi connectivity index (χ4v) is 2.52. The second-order valence-corrected chi connectivity index (χ2v) is 5.06. The molecule has 1 saturated heterocycles. The third-order valence-corrected chi connectivity index (χ3v) is 3.37. The molecule has 1 rings (SSSR count). The zero-order valence-corrected chi connectivity index (χ0v) is 9.89. The van der Waals surface area contributed by atoms with E-state index in [1.807, 2.05) is 11.8 Å². The minimum absolute atomic E-state index is 0.353. The number of hydrogen-bond acceptors (Lipinski definition) is 4. The van der Waals surface area contributed by atoms with Gasteiger partial charge < -0.3 is 10.5 Å². The molecular formula is C10H22N2OS. The molecule has 1 heterocycles. The molecule has 2 N–H and O–H groups in total. The van der Waals surface area contributed by atoms with Crippen molar-refractivity contribution in [1.29, 1.82) is 0 Å². The van der Waals surface area contributed by atoms with Crippen LogP contribution in [0.15, 0.2) is 0 Å². The van der Waals surface area contributed by atoms with Crippen LogP contribution in [-0.4, -0.2) is 55.3 Å². The molecule has 14 heavy (non-hydrogen) atoms. The molecule has 0 aromatic rings. The molecule has 84 valence electrons. The summed E-state index contributed by atoms with van der Waals surface area (Å²) in [6.45, 7) is 7.30. The predicted molar refractivity (Wildman–Crippen MR) is 62.9 cm³/mol. The zero-order valence-electron chi connectivity index (χ0n) is 9.08. The van der Waals surface area contributed by atoms with E-state index in [1.165, 1.54) is 18.1 Å². The van der Waals surface area contributed by atoms with Crippen LogP contribution in [0.4, 0.5) is 0 Å². The summed E-state index contributed by atoms with van der Waals surface area (Å²) in [4.78, 5) is 2.47. The number of nitrogens with two attached hydrogens (primary N) is 1. The highest BCUT2D eigenvalue weighted by Gasteiger charge is 2.08. The monoisotopic (exact) mass is 218 g/mol. The maximum Gasteiger partial charge on any atom is 0.0594 e. The van der Waals surface area contributed by atoms with Crippen molar-refractivity contribution < 1.29 is 4.74 Å². The van der Waals surface area contributed by atoms with Gasteiger partial charge in [0.1, 0.15) is 0 Å². The van der Waals surface area contributed by atoms with E-state index in [4.69, 9.17) is 10.5 Å². The third-order valence-electron chi connectivity index (χ3n) is 2.37. The van der Waals surface area contributed by atoms with E-state index in [9.17, 15) is 0 Å². The second kappa shape index (κ2) is 7.51. The van der Waals surface area contributed by atoms with Crippen LogP contribution in [0.1, 0.15) is 13.3 Å². The van der Waals surface area contributed by atoms with Gasteiger partial charge in [0.2, 0.25) is 0 Å². The SMILES string of the molecule is CC(N)CCSCCN1CCOCC1. The van der Waals surface area contributed by atoms with E-state index in [-0.39, 0.29) is 0 Å². The van der Waals surface area contributed by atoms with Gasteiger partial charge in [0.05, 0.1) is 13.2 Å². The fraction of sp³-hybridized carbons (Fsp3) is 1.00. The van der Waals surface area contributed by atoms with Crippen LogP contribution < -0.4 is 5.73 Å². The van der Waals surface area contributed by atoms with Crippen LogP contribution in [0.5, 0.6) is 0 Å². The summed E-state index contributed by atoms with van der Waals surface area (Å²) in [5.74, 6) is 2.43. The molecule has 4 heteroatoms. The molecule has 1 fully saturated rings. The summed E-state index contributed by atoms with van der Waals surface area (Å²) >= 11 is 2.01. The van der Waals surface area contributed by atoms with Gasteiger partial charge in [-0.1, -0.05) is 0 Å². The van der Waals surface area contributed by atoms with Crippen LogP contribution in [0, 0.1) is 0 Å². The Morgan fingerprint density at radius 1 is 1.36 bits per heavy atom. The zero-order chi connectivity index (χ0) is 10.2. The van der Waals surface area contributed by atoms with Crippen molar-refractivity contribution in [2.45, 2.75) is 19.4 Å². The van der Waals surface area contributed by atoms with Crippen molar-refractivity contribution >= 4 is 11.8 Å². The minimum atomic E-state index is 0.353. The Balaban J connectivity index is 1.87. The Kier molecular flexibility index (Phi) is 6.60. The van der Waals surface area contributed by atoms with Crippen LogP contribution >= 0.6 is 11.8 Å². The summed E-state index contributed by atoms with van der Waals surface area (Å²) in [7, 11) is 0. The maximum absolute atomic E-state index is 5.68. The second-order valence-electron chi connectivity index (χ2n) is 3.83. The van der Waals surface area contributed by atoms with Gasteiger partial charge in [-0.25, -0.2) is 0 Å². The smallest absolute Gasteiger partial charge is 0.0594 e. The van der Waals surface area contributed by atoms with E-state index in [1.54, 1.807) is 0 Å². The first-order valence-corrected chi connectivity index (χ1v) is 6.58. The highest BCUT2D eigenvalue weighted by atomic mass is 32.2. The standard InChI is InChI=1S/C10H22N2OS/c1-10(11)2-8-14-9-5-12-3-6-13-7-4-12/h10H,2-9,11H2,1H3. The molecule has 0 bridgehead atoms. The molecule has 0 amide bonds. The summed E-state index contributed by atoms with van der Waals surface area (Å²) in [5.41, 5.74) is 5.68. The first kappa shape index (κ1) is 12.3. The molecule has 0 spiro atoms. The van der Waals surface area contributed by atoms with Crippen LogP contribution in [0.2, 0.25) is 0 Å². The van der Waals surface area contributed by atoms with Gasteiger partial charge in [0.25, 0.3) is 0 Å². The molecule has 0 saturated carbocycles. The van der Waals surface area contributed by atoms with Gasteiger partial charge in [-0.05, 0) is 19.1 Å². The number of hydrogen-bond donors (Lipinski definition) is 1. The van der Waals surface area contributed by atoms with Crippen molar-refractivity contribution in [3.63, 3.8) is 0 Å². The van der Waals surface area contributed by atoms with Gasteiger partial charge in [-0.15, -0.1) is 0 Å². The number of nitrogens with zero attached hydrogens (tertiary/aromatic N) is 1. The summed E-state index contributed by atoms with van der Waals surface area (Å²) in [6, 6.07) is 0.353. The average Bonchev–Trinajstić information content (AvgIpc) is 2.18. The molecule has 0 aromatic carbocycles. The minimum Gasteiger partial charge on any atom is -0.379 e. The van der Waals surface area contributed by atoms with Crippen molar-refractivity contribution in [3.8, 4) is 0 Å². The topological polar surface area (TPSA) is 38.5 Å². The van der Waals surface area contributed by atoms with E-state index < -0.39 is 0 Å². The summed E-state index contributed by atoms with van der Waals surface area (Å²) in [6.07, 6.45) is 1.13. The maximum atomic E-state index is 5.68. The molecule has 1 atom stereocenters. The molecule has 0 aliphatic carbocycles. The van der Waals surface area contributed by atoms with Gasteiger partial charge in [0.15, 0.2) is 0 Å². The first-order valence-electron chi connectivity index (χ1n) is 5.42. The lowest BCUT2D eigenvalue weighted by atomic mass is 10.3. The summed E-state index contributed by atoms with van der Waals surface area (Å²) in [5, 5.41) is 0. The van der Waals surface area contributed by atoms with Gasteiger partial charge >= 0.3 is 0 Å². The number of rotatable bonds is 6. The van der Waals surface area contributed by atoms with E-state index in [0.29, 0.717) is 6.04 Å². The van der Waals surface area contributed by atoms with Crippen molar-refractivity contribution in [2.75, 3.05) is 44.4 Å². The van der Waals surface area contributed by atoms with E-state index in [0.717, 1.165) is 32.7 Å². The number of morpholine rings is 1. The Morgan fingerprint density at radius 2 is 2.07 bits per heavy atom. The number of ether oxygens (including phenoxy) is 1. The van der Waals surface area contributed by atoms with Crippen LogP contribution in [0.25, 0.3) is 0 Å². The molecule has 3 nitrogen and oxygen atoms in total. The molecule has 1 aliphatic rings. The highest BCUT2D eigenvalue weighted by molar-refractivity contribution is 7.99. The van der Waals surface area contributed by atoms with Crippen LogP contribution in [-0.2, 0) is 4.74 Å². The average molecular weight is 218 g/mol. The van der Waals surface area contributed by atoms with Crippen LogP contribution in [0.3, 0.4) is 0 Å². The molecular weight excluding hydrogens is 196 g/mol. The lowest BCUT2D eigenvalue weighted by Gasteiger charge is -2.26. The van der Waals surface area contributed by atoms with E-state index >= 15 is 0 Å². The molecule has 1 aliphatic heterocycles. The quantitative estimate of drug-likeness (QED) is 0.669. The Morgan fingerprint density at radius 3 is 2.71 bits per heavy atom. The van der Waals surface area contributed by atoms with Crippen molar-refractivity contribution in [1.82, 2.24) is 4.90 Å². The normalized spacial score (nSPS) is 21.0. The largest absolute Gasteiger partial charge is 0.379 e. The lowest BCUT2D eigenvalue weighted by Crippen LogP contribution is -2.37. The number of thioether (sulfide) groups is 1. The van der Waals surface area contributed by atoms with Crippen molar-refractivity contribution in [2.24, 2.45) is 5.73 Å². The molecule has 1 unspecified atom stereocenters. The van der Waals surface area contributed by atoms with Gasteiger partial charge in [-0.3, -0.25) is 4.90 Å². The summed E-state index contributed by atoms with van der Waals surface area (Å²) < 4.78 is 5.29. The van der Waals surface area contributed by atoms with Gasteiger partial charge in [-0.2, -0.15) is 11.8 Å². The predicted octanol–water partition coefficient (Wildman–Crippen LogP) is 0.789. The Labute approximate surface area is 91.4 Å². The Bertz CT molecular complexity index is 138. The fourth-order valence-electron chi connectivity index (χ4n) is 1.39. The van der Waals surface area contributed by atoms with Crippen molar-refractivity contribution in [3.05, 3.63) is 0 Å². The lowest BCUT2D eigenvalue weighted by molar-refractivity contribution is 0.0410. The van der Waals surface area contributed by atoms with E-state index in [2.05, 4.69) is 11.8 Å². The highest BCUT2D eigenvalue weighted by Crippen LogP contribution is 2.05. The Hall–Kier alpha value is 0.230. The third kappa shape index (κ3) is 5.86. The van der Waals surface area contributed by atoms with Gasteiger partial charge in [0, 0.05) is 31.4 Å². The molecule has 0 aromatic heterocycles.